The van der Waals surface area contributed by atoms with Crippen molar-refractivity contribution < 1.29 is 4.79 Å². The van der Waals surface area contributed by atoms with Crippen LogP contribution < -0.4 is 10.6 Å². The molecule has 1 saturated heterocycles. The van der Waals surface area contributed by atoms with E-state index >= 15 is 0 Å². The number of carbonyl (C=O) groups excluding carboxylic acids is 1. The molecule has 3 heteroatoms. The third-order valence-corrected chi connectivity index (χ3v) is 3.24. The molecule has 2 atom stereocenters. The molecule has 2 aliphatic rings. The van der Waals surface area contributed by atoms with Gasteiger partial charge < -0.3 is 10.6 Å². The van der Waals surface area contributed by atoms with Crippen molar-refractivity contribution >= 4 is 5.91 Å². The van der Waals surface area contributed by atoms with Gasteiger partial charge in [-0.05, 0) is 19.3 Å². The molecule has 2 N–H and O–H groups in total. The summed E-state index contributed by atoms with van der Waals surface area (Å²) in [6.45, 7) is 2.75. The molecule has 2 fully saturated rings. The van der Waals surface area contributed by atoms with Crippen LogP contribution in [0.1, 0.15) is 32.6 Å². The van der Waals surface area contributed by atoms with Gasteiger partial charge in [-0.3, -0.25) is 4.79 Å². The summed E-state index contributed by atoms with van der Waals surface area (Å²) in [5, 5.41) is 6.29. The van der Waals surface area contributed by atoms with Crippen molar-refractivity contribution in [3.63, 3.8) is 0 Å². The minimum atomic E-state index is -0.00109. The molecule has 0 radical (unpaired) electrons. The predicted octanol–water partition coefficient (Wildman–Crippen LogP) is 0.653. The third kappa shape index (κ3) is 2.02. The summed E-state index contributed by atoms with van der Waals surface area (Å²) in [6.07, 6.45) is 5.42. The Morgan fingerprint density at radius 2 is 2.23 bits per heavy atom. The van der Waals surface area contributed by atoms with E-state index in [-0.39, 0.29) is 11.9 Å². The molecule has 2 unspecified atom stereocenters. The fourth-order valence-electron chi connectivity index (χ4n) is 2.15. The fraction of sp³-hybridized carbons (Fsp3) is 0.900. The van der Waals surface area contributed by atoms with Crippen LogP contribution in [0.25, 0.3) is 0 Å². The van der Waals surface area contributed by atoms with Crippen molar-refractivity contribution in [1.29, 1.82) is 0 Å². The summed E-state index contributed by atoms with van der Waals surface area (Å²) in [5.74, 6) is 1.06. The molecule has 0 aromatic carbocycles. The van der Waals surface area contributed by atoms with E-state index in [1.54, 1.807) is 0 Å². The summed E-state index contributed by atoms with van der Waals surface area (Å²) in [7, 11) is 0. The molecular formula is C10H18N2O. The van der Waals surface area contributed by atoms with Crippen LogP contribution in [0.2, 0.25) is 0 Å². The first-order valence-electron chi connectivity index (χ1n) is 5.29. The zero-order valence-corrected chi connectivity index (χ0v) is 8.18. The van der Waals surface area contributed by atoms with Gasteiger partial charge in [-0.1, -0.05) is 19.3 Å². The highest BCUT2D eigenvalue weighted by Crippen LogP contribution is 2.30. The zero-order chi connectivity index (χ0) is 9.26. The van der Waals surface area contributed by atoms with E-state index in [2.05, 4.69) is 10.6 Å². The van der Waals surface area contributed by atoms with Crippen molar-refractivity contribution in [3.05, 3.63) is 0 Å². The van der Waals surface area contributed by atoms with Gasteiger partial charge in [-0.25, -0.2) is 0 Å². The average Bonchev–Trinajstić information content (AvgIpc) is 2.04. The second kappa shape index (κ2) is 3.66. The lowest BCUT2D eigenvalue weighted by Gasteiger charge is -2.34. The van der Waals surface area contributed by atoms with Crippen LogP contribution in [-0.4, -0.2) is 24.5 Å². The Labute approximate surface area is 79.3 Å². The van der Waals surface area contributed by atoms with E-state index in [1.165, 1.54) is 25.7 Å². The monoisotopic (exact) mass is 182 g/mol. The second-order valence-corrected chi connectivity index (χ2v) is 4.36. The molecule has 0 spiro atoms. The van der Waals surface area contributed by atoms with E-state index in [1.807, 2.05) is 6.92 Å². The summed E-state index contributed by atoms with van der Waals surface area (Å²) < 4.78 is 0. The van der Waals surface area contributed by atoms with E-state index in [0.717, 1.165) is 12.5 Å². The van der Waals surface area contributed by atoms with Gasteiger partial charge in [0.25, 0.3) is 0 Å². The molecule has 2 rings (SSSR count). The van der Waals surface area contributed by atoms with Crippen molar-refractivity contribution in [2.24, 2.45) is 5.92 Å². The summed E-state index contributed by atoms with van der Waals surface area (Å²) >= 11 is 0. The average molecular weight is 182 g/mol. The quantitative estimate of drug-likeness (QED) is 0.658. The van der Waals surface area contributed by atoms with Gasteiger partial charge in [0.1, 0.15) is 0 Å². The first-order chi connectivity index (χ1) is 6.25. The normalized spacial score (nSPS) is 35.3. The minimum absolute atomic E-state index is 0.00109. The van der Waals surface area contributed by atoms with Crippen LogP contribution in [0.4, 0.5) is 0 Å². The molecule has 3 nitrogen and oxygen atoms in total. The van der Waals surface area contributed by atoms with Crippen molar-refractivity contribution in [1.82, 2.24) is 10.6 Å². The smallest absolute Gasteiger partial charge is 0.236 e. The fourth-order valence-corrected chi connectivity index (χ4v) is 2.15. The molecule has 0 bridgehead atoms. The van der Waals surface area contributed by atoms with Crippen molar-refractivity contribution in [2.75, 3.05) is 6.54 Å². The highest BCUT2D eigenvalue weighted by molar-refractivity contribution is 5.82. The number of carbonyl (C=O) groups is 1. The van der Waals surface area contributed by atoms with E-state index in [9.17, 15) is 4.79 Å². The number of piperazine rings is 1. The molecule has 1 amide bonds. The summed E-state index contributed by atoms with van der Waals surface area (Å²) in [6, 6.07) is 0.511. The van der Waals surface area contributed by atoms with Crippen LogP contribution in [0.5, 0.6) is 0 Å². The van der Waals surface area contributed by atoms with Gasteiger partial charge in [-0.2, -0.15) is 0 Å². The Morgan fingerprint density at radius 1 is 1.46 bits per heavy atom. The Balaban J connectivity index is 1.77. The molecule has 74 valence electrons. The third-order valence-electron chi connectivity index (χ3n) is 3.24. The van der Waals surface area contributed by atoms with E-state index < -0.39 is 0 Å². The number of rotatable bonds is 2. The topological polar surface area (TPSA) is 41.1 Å². The largest absolute Gasteiger partial charge is 0.353 e. The van der Waals surface area contributed by atoms with E-state index in [4.69, 9.17) is 0 Å². The molecule has 0 aromatic rings. The highest BCUT2D eigenvalue weighted by Gasteiger charge is 2.27. The maximum absolute atomic E-state index is 11.1. The van der Waals surface area contributed by atoms with Crippen molar-refractivity contribution in [3.8, 4) is 0 Å². The number of hydrogen-bond donors (Lipinski definition) is 2. The van der Waals surface area contributed by atoms with Gasteiger partial charge in [0.05, 0.1) is 6.04 Å². The lowest BCUT2D eigenvalue weighted by Crippen LogP contribution is -2.57. The minimum Gasteiger partial charge on any atom is -0.353 e. The summed E-state index contributed by atoms with van der Waals surface area (Å²) in [4.78, 5) is 11.1. The molecule has 13 heavy (non-hydrogen) atoms. The number of nitrogens with one attached hydrogen (secondary N) is 2. The van der Waals surface area contributed by atoms with Crippen LogP contribution in [0.3, 0.4) is 0 Å². The van der Waals surface area contributed by atoms with Crippen LogP contribution in [0.15, 0.2) is 0 Å². The SMILES string of the molecule is CC1NC(CC2CCC2)CNC1=O. The Bertz CT molecular complexity index is 201. The van der Waals surface area contributed by atoms with Crippen LogP contribution in [0, 0.1) is 5.92 Å². The predicted molar refractivity (Wildman–Crippen MR) is 51.4 cm³/mol. The second-order valence-electron chi connectivity index (χ2n) is 4.36. The van der Waals surface area contributed by atoms with E-state index in [0.29, 0.717) is 6.04 Å². The maximum atomic E-state index is 11.1. The number of amides is 1. The van der Waals surface area contributed by atoms with Gasteiger partial charge in [0.15, 0.2) is 0 Å². The van der Waals surface area contributed by atoms with Crippen LogP contribution in [-0.2, 0) is 4.79 Å². The first-order valence-corrected chi connectivity index (χ1v) is 5.29. The molecule has 1 aliphatic heterocycles. The van der Waals surface area contributed by atoms with Crippen molar-refractivity contribution in [2.45, 2.75) is 44.7 Å². The zero-order valence-electron chi connectivity index (χ0n) is 8.18. The van der Waals surface area contributed by atoms with Crippen LogP contribution >= 0.6 is 0 Å². The molecular weight excluding hydrogens is 164 g/mol. The Kier molecular flexibility index (Phi) is 2.54. The lowest BCUT2D eigenvalue weighted by atomic mass is 9.80. The summed E-state index contributed by atoms with van der Waals surface area (Å²) in [5.41, 5.74) is 0. The molecule has 1 heterocycles. The molecule has 0 aromatic heterocycles. The Hall–Kier alpha value is -0.570. The lowest BCUT2D eigenvalue weighted by molar-refractivity contribution is -0.124. The maximum Gasteiger partial charge on any atom is 0.236 e. The van der Waals surface area contributed by atoms with Gasteiger partial charge in [0, 0.05) is 12.6 Å². The van der Waals surface area contributed by atoms with Gasteiger partial charge in [-0.15, -0.1) is 0 Å². The molecule has 1 aliphatic carbocycles. The van der Waals surface area contributed by atoms with Gasteiger partial charge >= 0.3 is 0 Å². The first kappa shape index (κ1) is 9.00. The molecule has 1 saturated carbocycles. The highest BCUT2D eigenvalue weighted by atomic mass is 16.2. The van der Waals surface area contributed by atoms with Gasteiger partial charge in [0.2, 0.25) is 5.91 Å². The number of hydrogen-bond acceptors (Lipinski definition) is 2. The standard InChI is InChI=1S/C10H18N2O/c1-7-10(13)11-6-9(12-7)5-8-3-2-4-8/h7-9,12H,2-6H2,1H3,(H,11,13). The Morgan fingerprint density at radius 3 is 2.77 bits per heavy atom.